The van der Waals surface area contributed by atoms with Crippen LogP contribution < -0.4 is 10.9 Å². The van der Waals surface area contributed by atoms with E-state index < -0.39 is 11.5 Å². The zero-order valence-corrected chi connectivity index (χ0v) is 16.3. The standard InChI is InChI=1S/C19H19N3O4S/c1-5-26-19(25)16-14-9-27-17(20-12(4)23)15(14)18(24)22(21-16)13-7-6-10(2)11(3)8-13/h6-9H,5H2,1-4H3,(H,20,23). The number of ether oxygens (including phenoxy) is 1. The van der Waals surface area contributed by atoms with Crippen LogP contribution in [-0.4, -0.2) is 28.3 Å². The fraction of sp³-hybridized carbons (Fsp3) is 0.263. The van der Waals surface area contributed by atoms with Gasteiger partial charge >= 0.3 is 5.97 Å². The van der Waals surface area contributed by atoms with Gasteiger partial charge in [-0.25, -0.2) is 4.79 Å². The van der Waals surface area contributed by atoms with Crippen LogP contribution >= 0.6 is 11.3 Å². The lowest BCUT2D eigenvalue weighted by molar-refractivity contribution is -0.114. The minimum absolute atomic E-state index is 0.0394. The van der Waals surface area contributed by atoms with Crippen LogP contribution in [0.15, 0.2) is 28.4 Å². The van der Waals surface area contributed by atoms with E-state index in [1.165, 1.54) is 22.9 Å². The van der Waals surface area contributed by atoms with Crippen LogP contribution in [0.4, 0.5) is 5.00 Å². The molecular formula is C19H19N3O4S. The van der Waals surface area contributed by atoms with Gasteiger partial charge in [-0.3, -0.25) is 9.59 Å². The summed E-state index contributed by atoms with van der Waals surface area (Å²) in [6.45, 7) is 7.15. The lowest BCUT2D eigenvalue weighted by atomic mass is 10.1. The molecule has 1 N–H and O–H groups in total. The molecule has 0 bridgehead atoms. The Labute approximate surface area is 159 Å². The number of aryl methyl sites for hydroxylation is 2. The number of aromatic nitrogens is 2. The van der Waals surface area contributed by atoms with Crippen molar-refractivity contribution in [1.29, 1.82) is 0 Å². The number of amides is 1. The lowest BCUT2D eigenvalue weighted by Crippen LogP contribution is -2.25. The molecule has 2 aromatic heterocycles. The minimum atomic E-state index is -0.618. The van der Waals surface area contributed by atoms with E-state index in [-0.39, 0.29) is 23.6 Å². The normalized spacial score (nSPS) is 10.8. The zero-order valence-electron chi connectivity index (χ0n) is 15.5. The first kappa shape index (κ1) is 18.8. The summed E-state index contributed by atoms with van der Waals surface area (Å²) in [5.41, 5.74) is 2.23. The molecule has 27 heavy (non-hydrogen) atoms. The number of rotatable bonds is 4. The van der Waals surface area contributed by atoms with Gasteiger partial charge in [-0.2, -0.15) is 9.78 Å². The van der Waals surface area contributed by atoms with Crippen molar-refractivity contribution in [3.63, 3.8) is 0 Å². The first-order valence-corrected chi connectivity index (χ1v) is 9.28. The molecule has 0 aliphatic heterocycles. The molecule has 0 aliphatic rings. The van der Waals surface area contributed by atoms with E-state index in [1.807, 2.05) is 26.0 Å². The Bertz CT molecular complexity index is 1110. The lowest BCUT2D eigenvalue weighted by Gasteiger charge is -2.11. The molecule has 0 unspecified atom stereocenters. The number of anilines is 1. The summed E-state index contributed by atoms with van der Waals surface area (Å²) in [6.07, 6.45) is 0. The molecule has 3 aromatic rings. The molecule has 0 spiro atoms. The predicted molar refractivity (Wildman–Crippen MR) is 105 cm³/mol. The number of carbonyl (C=O) groups excluding carboxylic acids is 2. The number of nitrogens with one attached hydrogen (secondary N) is 1. The molecule has 7 nitrogen and oxygen atoms in total. The van der Waals surface area contributed by atoms with Crippen LogP contribution in [0.3, 0.4) is 0 Å². The third-order valence-corrected chi connectivity index (χ3v) is 5.04. The van der Waals surface area contributed by atoms with Gasteiger partial charge in [0.25, 0.3) is 5.56 Å². The topological polar surface area (TPSA) is 90.3 Å². The molecule has 1 amide bonds. The van der Waals surface area contributed by atoms with Crippen LogP contribution in [0.5, 0.6) is 0 Å². The van der Waals surface area contributed by atoms with Crippen molar-refractivity contribution >= 4 is 39.0 Å². The minimum Gasteiger partial charge on any atom is -0.461 e. The number of fused-ring (bicyclic) bond motifs is 1. The highest BCUT2D eigenvalue weighted by Crippen LogP contribution is 2.30. The van der Waals surface area contributed by atoms with E-state index in [0.29, 0.717) is 16.1 Å². The van der Waals surface area contributed by atoms with Crippen LogP contribution in [0, 0.1) is 13.8 Å². The quantitative estimate of drug-likeness (QED) is 0.697. The average molecular weight is 385 g/mol. The smallest absolute Gasteiger partial charge is 0.359 e. The highest BCUT2D eigenvalue weighted by Gasteiger charge is 2.22. The third-order valence-electron chi connectivity index (χ3n) is 4.15. The van der Waals surface area contributed by atoms with Gasteiger partial charge in [0.2, 0.25) is 5.91 Å². The largest absolute Gasteiger partial charge is 0.461 e. The van der Waals surface area contributed by atoms with Gasteiger partial charge in [0.05, 0.1) is 17.7 Å². The Morgan fingerprint density at radius 3 is 2.63 bits per heavy atom. The number of esters is 1. The van der Waals surface area contributed by atoms with Crippen molar-refractivity contribution in [3.05, 3.63) is 50.8 Å². The fourth-order valence-corrected chi connectivity index (χ4v) is 3.67. The summed E-state index contributed by atoms with van der Waals surface area (Å²) < 4.78 is 6.28. The predicted octanol–water partition coefficient (Wildman–Crippen LogP) is 3.20. The summed E-state index contributed by atoms with van der Waals surface area (Å²) in [4.78, 5) is 37.1. The van der Waals surface area contributed by atoms with E-state index in [0.717, 1.165) is 11.1 Å². The van der Waals surface area contributed by atoms with E-state index in [4.69, 9.17) is 4.74 Å². The molecule has 140 valence electrons. The molecule has 0 atom stereocenters. The first-order chi connectivity index (χ1) is 12.8. The van der Waals surface area contributed by atoms with Crippen LogP contribution in [0.25, 0.3) is 16.5 Å². The van der Waals surface area contributed by atoms with Gasteiger partial charge in [-0.15, -0.1) is 11.3 Å². The molecule has 0 saturated heterocycles. The first-order valence-electron chi connectivity index (χ1n) is 8.40. The van der Waals surface area contributed by atoms with Gasteiger partial charge in [0, 0.05) is 17.7 Å². The van der Waals surface area contributed by atoms with Gasteiger partial charge in [-0.1, -0.05) is 6.07 Å². The second kappa shape index (κ2) is 7.32. The van der Waals surface area contributed by atoms with Crippen molar-refractivity contribution in [2.24, 2.45) is 0 Å². The number of hydrogen-bond donors (Lipinski definition) is 1. The maximum Gasteiger partial charge on any atom is 0.359 e. The Kier molecular flexibility index (Phi) is 5.09. The maximum absolute atomic E-state index is 13.1. The Balaban J connectivity index is 2.34. The molecule has 8 heteroatoms. The Morgan fingerprint density at radius 1 is 1.26 bits per heavy atom. The summed E-state index contributed by atoms with van der Waals surface area (Å²) in [5.74, 6) is -0.919. The number of carbonyl (C=O) groups is 2. The summed E-state index contributed by atoms with van der Waals surface area (Å²) in [6, 6.07) is 5.48. The zero-order chi connectivity index (χ0) is 19.7. The molecular weight excluding hydrogens is 366 g/mol. The van der Waals surface area contributed by atoms with Crippen molar-refractivity contribution in [3.8, 4) is 5.69 Å². The SMILES string of the molecule is CCOC(=O)c1nn(-c2ccc(C)c(C)c2)c(=O)c2c(NC(C)=O)scc12. The molecule has 1 aromatic carbocycles. The van der Waals surface area contributed by atoms with Crippen molar-refractivity contribution < 1.29 is 14.3 Å². The number of thiophene rings is 1. The summed E-state index contributed by atoms with van der Waals surface area (Å²) in [5, 5.41) is 9.55. The third kappa shape index (κ3) is 3.48. The molecule has 0 radical (unpaired) electrons. The van der Waals surface area contributed by atoms with E-state index in [9.17, 15) is 14.4 Å². The van der Waals surface area contributed by atoms with Crippen molar-refractivity contribution in [2.45, 2.75) is 27.7 Å². The second-order valence-electron chi connectivity index (χ2n) is 6.09. The Hall–Kier alpha value is -3.00. The van der Waals surface area contributed by atoms with E-state index in [1.54, 1.807) is 18.4 Å². The van der Waals surface area contributed by atoms with E-state index >= 15 is 0 Å². The monoisotopic (exact) mass is 385 g/mol. The second-order valence-corrected chi connectivity index (χ2v) is 6.97. The fourth-order valence-electron chi connectivity index (χ4n) is 2.68. The molecule has 2 heterocycles. The molecule has 0 aliphatic carbocycles. The number of benzene rings is 1. The Morgan fingerprint density at radius 2 is 2.00 bits per heavy atom. The average Bonchev–Trinajstić information content (AvgIpc) is 3.01. The van der Waals surface area contributed by atoms with Gasteiger partial charge in [0.15, 0.2) is 5.69 Å². The van der Waals surface area contributed by atoms with Crippen LogP contribution in [-0.2, 0) is 9.53 Å². The van der Waals surface area contributed by atoms with Crippen LogP contribution in [0.2, 0.25) is 0 Å². The number of nitrogens with zero attached hydrogens (tertiary/aromatic N) is 2. The molecule has 0 fully saturated rings. The summed E-state index contributed by atoms with van der Waals surface area (Å²) >= 11 is 1.17. The van der Waals surface area contributed by atoms with Crippen molar-refractivity contribution in [2.75, 3.05) is 11.9 Å². The van der Waals surface area contributed by atoms with Crippen molar-refractivity contribution in [1.82, 2.24) is 9.78 Å². The summed E-state index contributed by atoms with van der Waals surface area (Å²) in [7, 11) is 0. The maximum atomic E-state index is 13.1. The van der Waals surface area contributed by atoms with Gasteiger partial charge in [-0.05, 0) is 44.0 Å². The number of hydrogen-bond acceptors (Lipinski definition) is 6. The molecule has 3 rings (SSSR count). The molecule has 0 saturated carbocycles. The highest BCUT2D eigenvalue weighted by atomic mass is 32.1. The van der Waals surface area contributed by atoms with Gasteiger partial charge < -0.3 is 10.1 Å². The highest BCUT2D eigenvalue weighted by molar-refractivity contribution is 7.16. The van der Waals surface area contributed by atoms with E-state index in [2.05, 4.69) is 10.4 Å². The van der Waals surface area contributed by atoms with Gasteiger partial charge in [0.1, 0.15) is 5.00 Å². The van der Waals surface area contributed by atoms with Crippen LogP contribution in [0.1, 0.15) is 35.5 Å².